The maximum Gasteiger partial charge on any atom is 0.137 e. The van der Waals surface area contributed by atoms with Crippen molar-refractivity contribution >= 4 is 0 Å². The first-order valence-corrected chi connectivity index (χ1v) is 8.59. The molecular formula is C19H32NO2+. The van der Waals surface area contributed by atoms with Gasteiger partial charge in [-0.1, -0.05) is 39.8 Å². The number of benzene rings is 1. The lowest BCUT2D eigenvalue weighted by Crippen LogP contribution is -3.14. The highest BCUT2D eigenvalue weighted by Crippen LogP contribution is 2.24. The summed E-state index contributed by atoms with van der Waals surface area (Å²) in [6.45, 7) is 12.5. The second-order valence-corrected chi connectivity index (χ2v) is 7.88. The van der Waals surface area contributed by atoms with E-state index < -0.39 is 0 Å². The highest BCUT2D eigenvalue weighted by molar-refractivity contribution is 5.31. The first-order valence-electron chi connectivity index (χ1n) is 8.59. The van der Waals surface area contributed by atoms with E-state index in [0.29, 0.717) is 6.61 Å². The van der Waals surface area contributed by atoms with E-state index in [4.69, 9.17) is 4.74 Å². The molecule has 0 spiro atoms. The Morgan fingerprint density at radius 2 is 1.77 bits per heavy atom. The van der Waals surface area contributed by atoms with Gasteiger partial charge in [0.25, 0.3) is 0 Å². The highest BCUT2D eigenvalue weighted by atomic mass is 16.5. The Hall–Kier alpha value is -1.06. The van der Waals surface area contributed by atoms with Crippen LogP contribution in [0.25, 0.3) is 0 Å². The van der Waals surface area contributed by atoms with Gasteiger partial charge in [0.2, 0.25) is 0 Å². The molecule has 3 heteroatoms. The minimum atomic E-state index is -0.384. The fourth-order valence-electron chi connectivity index (χ4n) is 3.01. The summed E-state index contributed by atoms with van der Waals surface area (Å²) in [6, 6.07) is 8.23. The van der Waals surface area contributed by atoms with Gasteiger partial charge in [-0.3, -0.25) is 0 Å². The topological polar surface area (TPSA) is 33.9 Å². The summed E-state index contributed by atoms with van der Waals surface area (Å²) >= 11 is 0. The molecule has 1 aliphatic rings. The van der Waals surface area contributed by atoms with Crippen molar-refractivity contribution in [1.82, 2.24) is 0 Å². The van der Waals surface area contributed by atoms with Crippen molar-refractivity contribution in [3.8, 4) is 5.75 Å². The summed E-state index contributed by atoms with van der Waals surface area (Å²) in [5.41, 5.74) is 1.46. The quantitative estimate of drug-likeness (QED) is 0.873. The number of quaternary nitrogens is 1. The standard InChI is InChI=1S/C19H31NO2/c1-15-9-11-20(12-10-15)13-17(21)14-22-18-7-5-16(6-8-18)19(2,3)4/h5-8,15,17,21H,9-14H2,1-4H3/p+1/t17-/m1/s1. The summed E-state index contributed by atoms with van der Waals surface area (Å²) in [6.07, 6.45) is 2.17. The Morgan fingerprint density at radius 1 is 1.18 bits per heavy atom. The Kier molecular flexibility index (Phi) is 5.87. The molecule has 1 aromatic rings. The SMILES string of the molecule is CC1CC[NH+](C[C@@H](O)COc2ccc(C(C)(C)C)cc2)CC1. The summed E-state index contributed by atoms with van der Waals surface area (Å²) in [4.78, 5) is 1.51. The molecule has 3 nitrogen and oxygen atoms in total. The van der Waals surface area contributed by atoms with Gasteiger partial charge >= 0.3 is 0 Å². The van der Waals surface area contributed by atoms with Gasteiger partial charge < -0.3 is 14.7 Å². The molecule has 1 atom stereocenters. The van der Waals surface area contributed by atoms with E-state index in [0.717, 1.165) is 18.2 Å². The van der Waals surface area contributed by atoms with Crippen LogP contribution in [0.5, 0.6) is 5.75 Å². The summed E-state index contributed by atoms with van der Waals surface area (Å²) in [7, 11) is 0. The molecule has 0 aliphatic carbocycles. The van der Waals surface area contributed by atoms with Crippen LogP contribution in [0.4, 0.5) is 0 Å². The van der Waals surface area contributed by atoms with Gasteiger partial charge in [0.15, 0.2) is 0 Å². The Morgan fingerprint density at radius 3 is 2.32 bits per heavy atom. The molecule has 1 heterocycles. The van der Waals surface area contributed by atoms with Crippen molar-refractivity contribution in [2.75, 3.05) is 26.2 Å². The average molecular weight is 306 g/mol. The smallest absolute Gasteiger partial charge is 0.137 e. The number of hydrogen-bond acceptors (Lipinski definition) is 2. The maximum atomic E-state index is 10.2. The monoisotopic (exact) mass is 306 g/mol. The zero-order chi connectivity index (χ0) is 16.2. The van der Waals surface area contributed by atoms with Crippen LogP contribution in [0.1, 0.15) is 46.1 Å². The number of rotatable bonds is 5. The molecule has 1 fully saturated rings. The molecular weight excluding hydrogens is 274 g/mol. The molecule has 0 amide bonds. The van der Waals surface area contributed by atoms with Gasteiger partial charge in [0.1, 0.15) is 25.0 Å². The number of nitrogens with one attached hydrogen (secondary N) is 1. The van der Waals surface area contributed by atoms with E-state index in [1.165, 1.54) is 36.4 Å². The van der Waals surface area contributed by atoms with Crippen LogP contribution < -0.4 is 9.64 Å². The predicted molar refractivity (Wildman–Crippen MR) is 90.6 cm³/mol. The molecule has 1 saturated heterocycles. The van der Waals surface area contributed by atoms with Crippen molar-refractivity contribution < 1.29 is 14.7 Å². The number of aliphatic hydroxyl groups excluding tert-OH is 1. The van der Waals surface area contributed by atoms with Gasteiger partial charge in [-0.05, 0) is 41.9 Å². The Balaban J connectivity index is 1.75. The lowest BCUT2D eigenvalue weighted by molar-refractivity contribution is -0.909. The molecule has 0 unspecified atom stereocenters. The van der Waals surface area contributed by atoms with Gasteiger partial charge in [0.05, 0.1) is 13.1 Å². The predicted octanol–water partition coefficient (Wildman–Crippen LogP) is 2.04. The highest BCUT2D eigenvalue weighted by Gasteiger charge is 2.21. The Labute approximate surface area is 135 Å². The van der Waals surface area contributed by atoms with E-state index in [1.54, 1.807) is 0 Å². The number of aliphatic hydroxyl groups is 1. The molecule has 2 N–H and O–H groups in total. The van der Waals surface area contributed by atoms with Crippen LogP contribution in [0.3, 0.4) is 0 Å². The zero-order valence-electron chi connectivity index (χ0n) is 14.6. The Bertz CT molecular complexity index is 441. The lowest BCUT2D eigenvalue weighted by Gasteiger charge is -2.28. The third-order valence-electron chi connectivity index (χ3n) is 4.67. The molecule has 0 bridgehead atoms. The normalized spacial score (nSPS) is 24.0. The molecule has 124 valence electrons. The zero-order valence-corrected chi connectivity index (χ0v) is 14.6. The van der Waals surface area contributed by atoms with Crippen molar-refractivity contribution in [3.05, 3.63) is 29.8 Å². The molecule has 0 radical (unpaired) electrons. The maximum absolute atomic E-state index is 10.2. The molecule has 0 saturated carbocycles. The summed E-state index contributed by atoms with van der Waals surface area (Å²) in [5.74, 6) is 1.69. The average Bonchev–Trinajstić information content (AvgIpc) is 2.47. The molecule has 2 rings (SSSR count). The van der Waals surface area contributed by atoms with E-state index >= 15 is 0 Å². The first-order chi connectivity index (χ1) is 10.3. The number of likely N-dealkylation sites (tertiary alicyclic amines) is 1. The number of hydrogen-bond donors (Lipinski definition) is 2. The van der Waals surface area contributed by atoms with E-state index in [1.807, 2.05) is 12.1 Å². The second-order valence-electron chi connectivity index (χ2n) is 7.88. The number of piperidine rings is 1. The van der Waals surface area contributed by atoms with Gasteiger partial charge in [-0.15, -0.1) is 0 Å². The van der Waals surface area contributed by atoms with Crippen molar-refractivity contribution in [2.24, 2.45) is 5.92 Å². The van der Waals surface area contributed by atoms with Gasteiger partial charge in [0, 0.05) is 0 Å². The van der Waals surface area contributed by atoms with Crippen LogP contribution in [0.2, 0.25) is 0 Å². The van der Waals surface area contributed by atoms with Crippen LogP contribution in [0, 0.1) is 5.92 Å². The van der Waals surface area contributed by atoms with Crippen molar-refractivity contribution in [2.45, 2.75) is 52.1 Å². The van der Waals surface area contributed by atoms with Gasteiger partial charge in [-0.25, -0.2) is 0 Å². The van der Waals surface area contributed by atoms with Crippen molar-refractivity contribution in [3.63, 3.8) is 0 Å². The largest absolute Gasteiger partial charge is 0.491 e. The van der Waals surface area contributed by atoms with Gasteiger partial charge in [-0.2, -0.15) is 0 Å². The summed E-state index contributed by atoms with van der Waals surface area (Å²) in [5, 5.41) is 10.2. The van der Waals surface area contributed by atoms with E-state index in [2.05, 4.69) is 39.8 Å². The summed E-state index contributed by atoms with van der Waals surface area (Å²) < 4.78 is 5.73. The third-order valence-corrected chi connectivity index (χ3v) is 4.67. The minimum absolute atomic E-state index is 0.160. The molecule has 1 aliphatic heterocycles. The third kappa shape index (κ3) is 5.29. The fraction of sp³-hybridized carbons (Fsp3) is 0.684. The van der Waals surface area contributed by atoms with Crippen LogP contribution in [-0.2, 0) is 5.41 Å². The molecule has 22 heavy (non-hydrogen) atoms. The molecule has 0 aromatic heterocycles. The van der Waals surface area contributed by atoms with Crippen LogP contribution in [0.15, 0.2) is 24.3 Å². The minimum Gasteiger partial charge on any atom is -0.491 e. The molecule has 1 aromatic carbocycles. The van der Waals surface area contributed by atoms with E-state index in [-0.39, 0.29) is 11.5 Å². The first kappa shape index (κ1) is 17.3. The van der Waals surface area contributed by atoms with E-state index in [9.17, 15) is 5.11 Å². The fourth-order valence-corrected chi connectivity index (χ4v) is 3.01. The van der Waals surface area contributed by atoms with Crippen molar-refractivity contribution in [1.29, 1.82) is 0 Å². The lowest BCUT2D eigenvalue weighted by atomic mass is 9.87. The number of ether oxygens (including phenoxy) is 1. The second kappa shape index (κ2) is 7.47. The van der Waals surface area contributed by atoms with Crippen LogP contribution >= 0.6 is 0 Å². The van der Waals surface area contributed by atoms with Crippen LogP contribution in [-0.4, -0.2) is 37.5 Å².